The lowest BCUT2D eigenvalue weighted by atomic mass is 9.95. The summed E-state index contributed by atoms with van der Waals surface area (Å²) in [4.78, 5) is 37.3. The molecule has 1 atom stereocenters. The Morgan fingerprint density at radius 3 is 2.62 bits per heavy atom. The van der Waals surface area contributed by atoms with Crippen molar-refractivity contribution in [3.8, 4) is 11.5 Å². The van der Waals surface area contributed by atoms with Gasteiger partial charge in [-0.1, -0.05) is 47.6 Å². The van der Waals surface area contributed by atoms with Gasteiger partial charge in [-0.2, -0.15) is 0 Å². The van der Waals surface area contributed by atoms with E-state index in [2.05, 4.69) is 19.1 Å². The van der Waals surface area contributed by atoms with Crippen molar-refractivity contribution in [3.05, 3.63) is 87.0 Å². The molecule has 8 heteroatoms. The number of nitro benzene ring substituents is 1. The van der Waals surface area contributed by atoms with E-state index in [1.807, 2.05) is 19.1 Å². The SMILES string of the molecule is C/C1=C\CC/C(C=O)=C/[C@H](OC(=O)c2cc3c(c4c2c([N+](=O)[O-])cc2ccccc24)OCO3)C/C(C)=C/CC1. The fourth-order valence-corrected chi connectivity index (χ4v) is 5.23. The molecule has 0 fully saturated rings. The Balaban J connectivity index is 1.63. The summed E-state index contributed by atoms with van der Waals surface area (Å²) in [5.74, 6) is -0.0577. The van der Waals surface area contributed by atoms with E-state index in [-0.39, 0.29) is 23.4 Å². The fraction of sp³-hybridized carbons (Fsp3) is 0.290. The summed E-state index contributed by atoms with van der Waals surface area (Å²) in [6.07, 6.45) is 9.43. The molecule has 0 aromatic heterocycles. The summed E-state index contributed by atoms with van der Waals surface area (Å²) in [5, 5.41) is 14.1. The number of carbonyl (C=O) groups excluding carboxylic acids is 2. The number of rotatable bonds is 4. The molecule has 2 aliphatic rings. The highest BCUT2D eigenvalue weighted by Crippen LogP contribution is 2.47. The number of hydrogen-bond donors (Lipinski definition) is 0. The average Bonchev–Trinajstić information content (AvgIpc) is 3.39. The highest BCUT2D eigenvalue weighted by molar-refractivity contribution is 6.21. The number of esters is 1. The molecule has 0 spiro atoms. The van der Waals surface area contributed by atoms with Crippen LogP contribution in [0.1, 0.15) is 56.3 Å². The molecule has 1 aliphatic carbocycles. The summed E-state index contributed by atoms with van der Waals surface area (Å²) in [6, 6.07) is 10.1. The molecule has 1 aliphatic heterocycles. The van der Waals surface area contributed by atoms with Crippen molar-refractivity contribution in [3.63, 3.8) is 0 Å². The third-order valence-electron chi connectivity index (χ3n) is 7.15. The lowest BCUT2D eigenvalue weighted by molar-refractivity contribution is -0.383. The first-order chi connectivity index (χ1) is 18.9. The number of nitrogens with zero attached hydrogens (tertiary/aromatic N) is 1. The highest BCUT2D eigenvalue weighted by atomic mass is 16.7. The lowest BCUT2D eigenvalue weighted by Gasteiger charge is -2.18. The minimum atomic E-state index is -0.737. The van der Waals surface area contributed by atoms with Crippen LogP contribution < -0.4 is 9.47 Å². The Kier molecular flexibility index (Phi) is 7.45. The zero-order chi connectivity index (χ0) is 27.5. The number of ether oxygens (including phenoxy) is 3. The molecule has 0 N–H and O–H groups in total. The fourth-order valence-electron chi connectivity index (χ4n) is 5.23. The Labute approximate surface area is 225 Å². The number of aldehydes is 1. The number of benzene rings is 3. The maximum atomic E-state index is 13.8. The zero-order valence-corrected chi connectivity index (χ0v) is 21.9. The Morgan fingerprint density at radius 2 is 1.82 bits per heavy atom. The van der Waals surface area contributed by atoms with E-state index >= 15 is 0 Å². The molecule has 0 bridgehead atoms. The molecular weight excluding hydrogens is 498 g/mol. The topological polar surface area (TPSA) is 105 Å². The molecule has 3 aromatic carbocycles. The van der Waals surface area contributed by atoms with E-state index in [0.29, 0.717) is 52.5 Å². The minimum Gasteiger partial charge on any atom is -0.454 e. The normalized spacial score (nSPS) is 21.9. The number of fused-ring (bicyclic) bond motifs is 5. The summed E-state index contributed by atoms with van der Waals surface area (Å²) in [6.45, 7) is 3.99. The third kappa shape index (κ3) is 5.41. The molecule has 0 radical (unpaired) electrons. The number of non-ortho nitro benzene ring substituents is 1. The van der Waals surface area contributed by atoms with Crippen LogP contribution in [0.2, 0.25) is 0 Å². The molecule has 1 heterocycles. The second-order valence-corrected chi connectivity index (χ2v) is 9.97. The van der Waals surface area contributed by atoms with Crippen molar-refractivity contribution in [2.24, 2.45) is 0 Å². The van der Waals surface area contributed by atoms with Crippen molar-refractivity contribution in [1.29, 1.82) is 0 Å². The molecule has 8 nitrogen and oxygen atoms in total. The van der Waals surface area contributed by atoms with Gasteiger partial charge >= 0.3 is 5.97 Å². The molecule has 200 valence electrons. The smallest absolute Gasteiger partial charge is 0.339 e. The van der Waals surface area contributed by atoms with Gasteiger partial charge in [0.05, 0.1) is 15.9 Å². The number of nitro groups is 1. The maximum absolute atomic E-state index is 13.8. The van der Waals surface area contributed by atoms with E-state index in [9.17, 15) is 19.7 Å². The van der Waals surface area contributed by atoms with Crippen LogP contribution in [0.15, 0.2) is 71.3 Å². The van der Waals surface area contributed by atoms with Gasteiger partial charge in [0.25, 0.3) is 5.69 Å². The van der Waals surface area contributed by atoms with Gasteiger partial charge in [0.15, 0.2) is 11.5 Å². The van der Waals surface area contributed by atoms with Gasteiger partial charge in [0.2, 0.25) is 6.79 Å². The van der Waals surface area contributed by atoms with E-state index in [1.165, 1.54) is 17.7 Å². The molecule has 0 unspecified atom stereocenters. The molecule has 5 rings (SSSR count). The van der Waals surface area contributed by atoms with Gasteiger partial charge < -0.3 is 14.2 Å². The van der Waals surface area contributed by atoms with Crippen LogP contribution >= 0.6 is 0 Å². The van der Waals surface area contributed by atoms with Crippen molar-refractivity contribution < 1.29 is 28.7 Å². The van der Waals surface area contributed by atoms with Crippen LogP contribution in [0.4, 0.5) is 5.69 Å². The van der Waals surface area contributed by atoms with Crippen LogP contribution in [-0.4, -0.2) is 30.1 Å². The Hall–Kier alpha value is -4.46. The van der Waals surface area contributed by atoms with E-state index in [0.717, 1.165) is 24.7 Å². The Morgan fingerprint density at radius 1 is 1.05 bits per heavy atom. The predicted molar refractivity (Wildman–Crippen MR) is 148 cm³/mol. The van der Waals surface area contributed by atoms with Crippen molar-refractivity contribution in [2.45, 2.75) is 52.1 Å². The average molecular weight is 528 g/mol. The van der Waals surface area contributed by atoms with Crippen LogP contribution in [0.25, 0.3) is 21.5 Å². The first-order valence-corrected chi connectivity index (χ1v) is 13.0. The van der Waals surface area contributed by atoms with Crippen molar-refractivity contribution in [2.75, 3.05) is 6.79 Å². The maximum Gasteiger partial charge on any atom is 0.339 e. The molecular formula is C31H29NO7. The molecule has 0 amide bonds. The second-order valence-electron chi connectivity index (χ2n) is 9.97. The lowest BCUT2D eigenvalue weighted by Crippen LogP contribution is -2.18. The van der Waals surface area contributed by atoms with Gasteiger partial charge in [-0.3, -0.25) is 14.9 Å². The predicted octanol–water partition coefficient (Wildman–Crippen LogP) is 7.14. The van der Waals surface area contributed by atoms with Crippen molar-refractivity contribution in [1.82, 2.24) is 0 Å². The third-order valence-corrected chi connectivity index (χ3v) is 7.15. The van der Waals surface area contributed by atoms with Crippen molar-refractivity contribution >= 4 is 39.5 Å². The number of carbonyl (C=O) groups is 2. The summed E-state index contributed by atoms with van der Waals surface area (Å²) < 4.78 is 17.3. The van der Waals surface area contributed by atoms with Crippen LogP contribution in [-0.2, 0) is 9.53 Å². The first-order valence-electron chi connectivity index (χ1n) is 13.0. The van der Waals surface area contributed by atoms with Crippen LogP contribution in [0.5, 0.6) is 11.5 Å². The summed E-state index contributed by atoms with van der Waals surface area (Å²) >= 11 is 0. The zero-order valence-electron chi connectivity index (χ0n) is 21.9. The first kappa shape index (κ1) is 26.2. The van der Waals surface area contributed by atoms with E-state index in [1.54, 1.807) is 18.2 Å². The van der Waals surface area contributed by atoms with Gasteiger partial charge in [0, 0.05) is 17.9 Å². The molecule has 0 saturated carbocycles. The quantitative estimate of drug-likeness (QED) is 0.0887. The molecule has 39 heavy (non-hydrogen) atoms. The van der Waals surface area contributed by atoms with Gasteiger partial charge in [0.1, 0.15) is 12.4 Å². The van der Waals surface area contributed by atoms with E-state index in [4.69, 9.17) is 14.2 Å². The monoisotopic (exact) mass is 527 g/mol. The molecule has 0 saturated heterocycles. The van der Waals surface area contributed by atoms with E-state index < -0.39 is 17.0 Å². The Bertz CT molecular complexity index is 1580. The largest absolute Gasteiger partial charge is 0.454 e. The van der Waals surface area contributed by atoms with Gasteiger partial charge in [-0.15, -0.1) is 0 Å². The standard InChI is InChI=1S/C31H29NO7/c1-19-7-5-9-20(2)13-23(14-21(17-33)10-6-8-19)39-31(34)25-16-27-30(38-18-37-27)29-24-12-4-3-11-22(24)15-26(28(25)29)32(35)36/h3-4,8-9,11-12,14-17,23H,5-7,10,13,18H2,1-2H3/b19-8+,20-9+,21-14-/t23-/m1/s1. The summed E-state index contributed by atoms with van der Waals surface area (Å²) in [7, 11) is 0. The second kappa shape index (κ2) is 11.1. The molecule has 3 aromatic rings. The van der Waals surface area contributed by atoms with Gasteiger partial charge in [-0.25, -0.2) is 4.79 Å². The highest BCUT2D eigenvalue weighted by Gasteiger charge is 2.31. The summed E-state index contributed by atoms with van der Waals surface area (Å²) in [5.41, 5.74) is 2.62. The van der Waals surface area contributed by atoms with Gasteiger partial charge in [-0.05, 0) is 68.0 Å². The van der Waals surface area contributed by atoms with Crippen LogP contribution in [0, 0.1) is 10.1 Å². The minimum absolute atomic E-state index is 0.0130. The number of allylic oxidation sites excluding steroid dienone is 4. The number of hydrogen-bond acceptors (Lipinski definition) is 7. The van der Waals surface area contributed by atoms with Crippen LogP contribution in [0.3, 0.4) is 0 Å².